The Bertz CT molecular complexity index is 402. The SMILES string of the molecule is CNC1CCC(C(C)C)CC1Cc1cccc(O)c1. The Morgan fingerprint density at radius 3 is 2.74 bits per heavy atom. The molecule has 19 heavy (non-hydrogen) atoms. The quantitative estimate of drug-likeness (QED) is 0.868. The highest BCUT2D eigenvalue weighted by Gasteiger charge is 2.30. The number of benzene rings is 1. The molecule has 0 spiro atoms. The van der Waals surface area contributed by atoms with Crippen LogP contribution in [-0.4, -0.2) is 18.2 Å². The fourth-order valence-electron chi connectivity index (χ4n) is 3.50. The molecule has 0 aromatic heterocycles. The lowest BCUT2D eigenvalue weighted by molar-refractivity contribution is 0.172. The Kier molecular flexibility index (Phi) is 4.87. The van der Waals surface area contributed by atoms with Crippen molar-refractivity contribution in [3.63, 3.8) is 0 Å². The van der Waals surface area contributed by atoms with E-state index in [1.54, 1.807) is 6.07 Å². The predicted molar refractivity (Wildman–Crippen MR) is 80.3 cm³/mol. The number of aromatic hydroxyl groups is 1. The number of hydrogen-bond acceptors (Lipinski definition) is 2. The van der Waals surface area contributed by atoms with Crippen LogP contribution in [0.1, 0.15) is 38.7 Å². The summed E-state index contributed by atoms with van der Waals surface area (Å²) in [7, 11) is 2.08. The van der Waals surface area contributed by atoms with Gasteiger partial charge in [-0.15, -0.1) is 0 Å². The first-order valence-corrected chi connectivity index (χ1v) is 7.55. The Morgan fingerprint density at radius 1 is 1.32 bits per heavy atom. The van der Waals surface area contributed by atoms with Crippen molar-refractivity contribution in [2.24, 2.45) is 17.8 Å². The molecule has 0 bridgehead atoms. The fourth-order valence-corrected chi connectivity index (χ4v) is 3.50. The molecule has 1 aliphatic carbocycles. The van der Waals surface area contributed by atoms with Gasteiger partial charge >= 0.3 is 0 Å². The highest BCUT2D eigenvalue weighted by Crippen LogP contribution is 2.35. The molecule has 0 radical (unpaired) electrons. The van der Waals surface area contributed by atoms with E-state index < -0.39 is 0 Å². The molecule has 3 unspecified atom stereocenters. The van der Waals surface area contributed by atoms with E-state index >= 15 is 0 Å². The topological polar surface area (TPSA) is 32.3 Å². The van der Waals surface area contributed by atoms with E-state index in [9.17, 15) is 5.11 Å². The molecular weight excluding hydrogens is 234 g/mol. The Hall–Kier alpha value is -1.02. The molecule has 2 rings (SSSR count). The number of phenols is 1. The van der Waals surface area contributed by atoms with E-state index in [4.69, 9.17) is 0 Å². The molecule has 2 heteroatoms. The lowest BCUT2D eigenvalue weighted by atomic mass is 9.72. The molecule has 0 amide bonds. The molecule has 106 valence electrons. The van der Waals surface area contributed by atoms with Crippen molar-refractivity contribution in [3.05, 3.63) is 29.8 Å². The molecule has 3 atom stereocenters. The maximum absolute atomic E-state index is 9.59. The van der Waals surface area contributed by atoms with Gasteiger partial charge in [0.2, 0.25) is 0 Å². The van der Waals surface area contributed by atoms with E-state index in [1.807, 2.05) is 12.1 Å². The summed E-state index contributed by atoms with van der Waals surface area (Å²) in [6.45, 7) is 4.69. The summed E-state index contributed by atoms with van der Waals surface area (Å²) in [6, 6.07) is 8.35. The lowest BCUT2D eigenvalue weighted by Gasteiger charge is -2.38. The first-order valence-electron chi connectivity index (χ1n) is 7.55. The zero-order chi connectivity index (χ0) is 13.8. The fraction of sp³-hybridized carbons (Fsp3) is 0.647. The second-order valence-corrected chi connectivity index (χ2v) is 6.35. The first-order chi connectivity index (χ1) is 9.10. The van der Waals surface area contributed by atoms with Gasteiger partial charge in [-0.05, 0) is 68.2 Å². The predicted octanol–water partition coefficient (Wildman–Crippen LogP) is 3.60. The van der Waals surface area contributed by atoms with Crippen LogP contribution in [0, 0.1) is 17.8 Å². The molecule has 0 saturated heterocycles. The standard InChI is InChI=1S/C17H27NO/c1-12(2)14-7-8-17(18-3)15(11-14)9-13-5-4-6-16(19)10-13/h4-6,10,12,14-15,17-19H,7-9,11H2,1-3H3. The van der Waals surface area contributed by atoms with Crippen molar-refractivity contribution in [2.75, 3.05) is 7.05 Å². The van der Waals surface area contributed by atoms with Gasteiger partial charge in [-0.2, -0.15) is 0 Å². The molecule has 0 heterocycles. The highest BCUT2D eigenvalue weighted by atomic mass is 16.3. The summed E-state index contributed by atoms with van der Waals surface area (Å²) in [5.41, 5.74) is 1.26. The molecule has 0 aliphatic heterocycles. The van der Waals surface area contributed by atoms with Crippen LogP contribution in [0.3, 0.4) is 0 Å². The zero-order valence-corrected chi connectivity index (χ0v) is 12.4. The molecule has 2 nitrogen and oxygen atoms in total. The Balaban J connectivity index is 2.06. The average Bonchev–Trinajstić information content (AvgIpc) is 2.38. The third kappa shape index (κ3) is 3.73. The molecule has 2 N–H and O–H groups in total. The lowest BCUT2D eigenvalue weighted by Crippen LogP contribution is -2.40. The van der Waals surface area contributed by atoms with Gasteiger partial charge in [0, 0.05) is 6.04 Å². The van der Waals surface area contributed by atoms with Gasteiger partial charge in [0.15, 0.2) is 0 Å². The second kappa shape index (κ2) is 6.42. The van der Waals surface area contributed by atoms with Crippen LogP contribution < -0.4 is 5.32 Å². The number of phenolic OH excluding ortho intramolecular Hbond substituents is 1. The van der Waals surface area contributed by atoms with Crippen LogP contribution >= 0.6 is 0 Å². The zero-order valence-electron chi connectivity index (χ0n) is 12.4. The van der Waals surface area contributed by atoms with Gasteiger partial charge in [-0.25, -0.2) is 0 Å². The summed E-state index contributed by atoms with van der Waals surface area (Å²) in [6.07, 6.45) is 5.00. The van der Waals surface area contributed by atoms with E-state index in [1.165, 1.54) is 24.8 Å². The number of nitrogens with one attached hydrogen (secondary N) is 1. The Morgan fingerprint density at radius 2 is 2.11 bits per heavy atom. The monoisotopic (exact) mass is 261 g/mol. The number of rotatable bonds is 4. The van der Waals surface area contributed by atoms with Crippen molar-refractivity contribution in [2.45, 2.75) is 45.6 Å². The Labute approximate surface area is 117 Å². The van der Waals surface area contributed by atoms with E-state index in [2.05, 4.69) is 32.3 Å². The summed E-state index contributed by atoms with van der Waals surface area (Å²) < 4.78 is 0. The van der Waals surface area contributed by atoms with Gasteiger partial charge in [0.1, 0.15) is 5.75 Å². The minimum absolute atomic E-state index is 0.384. The van der Waals surface area contributed by atoms with Crippen LogP contribution in [0.2, 0.25) is 0 Å². The summed E-state index contributed by atoms with van der Waals surface area (Å²) in [5, 5.41) is 13.1. The van der Waals surface area contributed by atoms with Gasteiger partial charge in [0.25, 0.3) is 0 Å². The van der Waals surface area contributed by atoms with Crippen molar-refractivity contribution in [1.29, 1.82) is 0 Å². The van der Waals surface area contributed by atoms with E-state index in [0.29, 0.717) is 17.7 Å². The summed E-state index contributed by atoms with van der Waals surface area (Å²) in [5.74, 6) is 2.71. The van der Waals surface area contributed by atoms with Gasteiger partial charge < -0.3 is 10.4 Å². The summed E-state index contributed by atoms with van der Waals surface area (Å²) >= 11 is 0. The smallest absolute Gasteiger partial charge is 0.115 e. The maximum Gasteiger partial charge on any atom is 0.115 e. The van der Waals surface area contributed by atoms with Gasteiger partial charge in [0.05, 0.1) is 0 Å². The molecular formula is C17H27NO. The van der Waals surface area contributed by atoms with Crippen LogP contribution in [0.4, 0.5) is 0 Å². The normalized spacial score (nSPS) is 27.7. The minimum atomic E-state index is 0.384. The first kappa shape index (κ1) is 14.4. The van der Waals surface area contributed by atoms with Crippen molar-refractivity contribution in [1.82, 2.24) is 5.32 Å². The van der Waals surface area contributed by atoms with Crippen LogP contribution in [0.5, 0.6) is 5.75 Å². The number of hydrogen-bond donors (Lipinski definition) is 2. The molecule has 1 aromatic rings. The van der Waals surface area contributed by atoms with Crippen molar-refractivity contribution >= 4 is 0 Å². The highest BCUT2D eigenvalue weighted by molar-refractivity contribution is 5.27. The minimum Gasteiger partial charge on any atom is -0.508 e. The van der Waals surface area contributed by atoms with Crippen LogP contribution in [0.15, 0.2) is 24.3 Å². The van der Waals surface area contributed by atoms with Crippen LogP contribution in [-0.2, 0) is 6.42 Å². The molecule has 1 saturated carbocycles. The third-order valence-corrected chi connectivity index (χ3v) is 4.75. The molecule has 1 fully saturated rings. The summed E-state index contributed by atoms with van der Waals surface area (Å²) in [4.78, 5) is 0. The third-order valence-electron chi connectivity index (χ3n) is 4.75. The van der Waals surface area contributed by atoms with E-state index in [-0.39, 0.29) is 0 Å². The van der Waals surface area contributed by atoms with Crippen LogP contribution in [0.25, 0.3) is 0 Å². The second-order valence-electron chi connectivity index (χ2n) is 6.35. The average molecular weight is 261 g/mol. The maximum atomic E-state index is 9.59. The molecule has 1 aromatic carbocycles. The van der Waals surface area contributed by atoms with Crippen molar-refractivity contribution in [3.8, 4) is 5.75 Å². The molecule has 1 aliphatic rings. The largest absolute Gasteiger partial charge is 0.508 e. The van der Waals surface area contributed by atoms with Crippen molar-refractivity contribution < 1.29 is 5.11 Å². The van der Waals surface area contributed by atoms with E-state index in [0.717, 1.165) is 18.3 Å². The van der Waals surface area contributed by atoms with Gasteiger partial charge in [-0.1, -0.05) is 26.0 Å². The van der Waals surface area contributed by atoms with Gasteiger partial charge in [-0.3, -0.25) is 0 Å².